The van der Waals surface area contributed by atoms with Crippen LogP contribution >= 0.6 is 0 Å². The second-order valence-corrected chi connectivity index (χ2v) is 8.98. The maximum absolute atomic E-state index is 13.3. The monoisotopic (exact) mass is 482 g/mol. The summed E-state index contributed by atoms with van der Waals surface area (Å²) in [6.45, 7) is 3.49. The normalized spacial score (nSPS) is 14.2. The van der Waals surface area contributed by atoms with E-state index in [1.165, 1.54) is 11.1 Å². The fourth-order valence-electron chi connectivity index (χ4n) is 4.63. The van der Waals surface area contributed by atoms with Gasteiger partial charge in [-0.2, -0.15) is 4.98 Å². The van der Waals surface area contributed by atoms with E-state index in [1.54, 1.807) is 7.11 Å². The minimum Gasteiger partial charge on any atom is -0.497 e. The average molecular weight is 483 g/mol. The van der Waals surface area contributed by atoms with Crippen LogP contribution in [0.15, 0.2) is 89.5 Å². The lowest BCUT2D eigenvalue weighted by Crippen LogP contribution is -2.48. The fourth-order valence-corrected chi connectivity index (χ4v) is 4.63. The number of piperazine rings is 1. The molecule has 5 rings (SSSR count). The van der Waals surface area contributed by atoms with Gasteiger partial charge in [0.15, 0.2) is 0 Å². The number of ether oxygens (including phenoxy) is 1. The number of methoxy groups -OCH3 is 1. The van der Waals surface area contributed by atoms with Gasteiger partial charge in [-0.1, -0.05) is 65.8 Å². The van der Waals surface area contributed by atoms with Crippen molar-refractivity contribution in [2.45, 2.75) is 18.9 Å². The van der Waals surface area contributed by atoms with Crippen LogP contribution < -0.4 is 4.74 Å². The molecule has 1 saturated heterocycles. The third-order valence-electron chi connectivity index (χ3n) is 6.68. The number of aromatic nitrogens is 2. The molecule has 0 radical (unpaired) electrons. The van der Waals surface area contributed by atoms with Crippen molar-refractivity contribution in [2.75, 3.05) is 33.3 Å². The minimum atomic E-state index is 0.0488. The molecular formula is C29H30N4O3. The Bertz CT molecular complexity index is 1210. The van der Waals surface area contributed by atoms with Crippen LogP contribution in [0.4, 0.5) is 0 Å². The van der Waals surface area contributed by atoms with Crippen molar-refractivity contribution in [2.24, 2.45) is 0 Å². The average Bonchev–Trinajstić information content (AvgIpc) is 3.41. The van der Waals surface area contributed by atoms with Crippen LogP contribution in [0.1, 0.15) is 29.4 Å². The van der Waals surface area contributed by atoms with Crippen molar-refractivity contribution >= 4 is 5.91 Å². The molecule has 1 aliphatic heterocycles. The third-order valence-corrected chi connectivity index (χ3v) is 6.68. The Morgan fingerprint density at radius 2 is 1.50 bits per heavy atom. The summed E-state index contributed by atoms with van der Waals surface area (Å²) in [7, 11) is 1.64. The van der Waals surface area contributed by atoms with E-state index in [0.717, 1.165) is 24.4 Å². The highest BCUT2D eigenvalue weighted by molar-refractivity contribution is 5.78. The second-order valence-electron chi connectivity index (χ2n) is 8.98. The summed E-state index contributed by atoms with van der Waals surface area (Å²) in [4.78, 5) is 22.1. The molecule has 1 amide bonds. The molecule has 7 heteroatoms. The van der Waals surface area contributed by atoms with Gasteiger partial charge in [0, 0.05) is 44.1 Å². The number of carbonyl (C=O) groups excluding carboxylic acids is 1. The highest BCUT2D eigenvalue weighted by Gasteiger charge is 2.26. The molecule has 0 aliphatic carbocycles. The second kappa shape index (κ2) is 11.2. The highest BCUT2D eigenvalue weighted by Crippen LogP contribution is 2.29. The molecule has 0 bridgehead atoms. The Labute approximate surface area is 211 Å². The zero-order chi connectivity index (χ0) is 24.7. The van der Waals surface area contributed by atoms with Crippen LogP contribution in [0.2, 0.25) is 0 Å². The van der Waals surface area contributed by atoms with E-state index in [-0.39, 0.29) is 11.8 Å². The SMILES string of the molecule is COc1ccc(-c2noc(CN3CCN(C(=O)CC(c4ccccc4)c4ccccc4)CC3)n2)cc1. The largest absolute Gasteiger partial charge is 0.497 e. The summed E-state index contributed by atoms with van der Waals surface area (Å²) in [5, 5.41) is 4.12. The summed E-state index contributed by atoms with van der Waals surface area (Å²) >= 11 is 0. The maximum Gasteiger partial charge on any atom is 0.241 e. The van der Waals surface area contributed by atoms with Gasteiger partial charge in [0.25, 0.3) is 0 Å². The summed E-state index contributed by atoms with van der Waals surface area (Å²) in [5.41, 5.74) is 3.21. The van der Waals surface area contributed by atoms with Crippen LogP contribution in [0, 0.1) is 0 Å². The number of nitrogens with zero attached hydrogens (tertiary/aromatic N) is 4. The molecular weight excluding hydrogens is 452 g/mol. The van der Waals surface area contributed by atoms with Crippen LogP contribution in [0.5, 0.6) is 5.75 Å². The van der Waals surface area contributed by atoms with Crippen LogP contribution in [0.25, 0.3) is 11.4 Å². The predicted octanol–water partition coefficient (Wildman–Crippen LogP) is 4.61. The van der Waals surface area contributed by atoms with Crippen LogP contribution in [0.3, 0.4) is 0 Å². The molecule has 1 aromatic heterocycles. The van der Waals surface area contributed by atoms with Crippen molar-refractivity contribution in [3.8, 4) is 17.1 Å². The van der Waals surface area contributed by atoms with Gasteiger partial charge in [-0.3, -0.25) is 9.69 Å². The lowest BCUT2D eigenvalue weighted by Gasteiger charge is -2.34. The van der Waals surface area contributed by atoms with Crippen LogP contribution in [-0.4, -0.2) is 59.1 Å². The number of hydrogen-bond donors (Lipinski definition) is 0. The number of carbonyl (C=O) groups is 1. The van der Waals surface area contributed by atoms with Crippen molar-refractivity contribution in [1.82, 2.24) is 19.9 Å². The van der Waals surface area contributed by atoms with E-state index in [0.29, 0.717) is 37.8 Å². The molecule has 0 saturated carbocycles. The van der Waals surface area contributed by atoms with E-state index in [4.69, 9.17) is 9.26 Å². The van der Waals surface area contributed by atoms with Gasteiger partial charge in [0.05, 0.1) is 13.7 Å². The van der Waals surface area contributed by atoms with Gasteiger partial charge in [0.2, 0.25) is 17.6 Å². The molecule has 4 aromatic rings. The molecule has 2 heterocycles. The smallest absolute Gasteiger partial charge is 0.241 e. The topological polar surface area (TPSA) is 71.7 Å². The molecule has 7 nitrogen and oxygen atoms in total. The molecule has 0 atom stereocenters. The number of rotatable bonds is 8. The first-order chi connectivity index (χ1) is 17.7. The van der Waals surface area contributed by atoms with E-state index in [1.807, 2.05) is 65.6 Å². The van der Waals surface area contributed by atoms with Gasteiger partial charge in [0.1, 0.15) is 5.75 Å². The van der Waals surface area contributed by atoms with Crippen molar-refractivity contribution in [3.63, 3.8) is 0 Å². The molecule has 36 heavy (non-hydrogen) atoms. The highest BCUT2D eigenvalue weighted by atomic mass is 16.5. The Morgan fingerprint density at radius 3 is 2.08 bits per heavy atom. The summed E-state index contributed by atoms with van der Waals surface area (Å²) in [6.07, 6.45) is 0.461. The summed E-state index contributed by atoms with van der Waals surface area (Å²) < 4.78 is 10.7. The summed E-state index contributed by atoms with van der Waals surface area (Å²) in [5.74, 6) is 2.16. The Kier molecular flexibility index (Phi) is 7.38. The molecule has 0 spiro atoms. The third kappa shape index (κ3) is 5.63. The summed E-state index contributed by atoms with van der Waals surface area (Å²) in [6, 6.07) is 28.2. The van der Waals surface area contributed by atoms with Crippen LogP contribution in [-0.2, 0) is 11.3 Å². The molecule has 0 N–H and O–H groups in total. The first-order valence-corrected chi connectivity index (χ1v) is 12.3. The van der Waals surface area contributed by atoms with Gasteiger partial charge < -0.3 is 14.2 Å². The van der Waals surface area contributed by atoms with E-state index in [2.05, 4.69) is 39.3 Å². The Hall–Kier alpha value is -3.97. The predicted molar refractivity (Wildman–Crippen MR) is 137 cm³/mol. The van der Waals surface area contributed by atoms with E-state index < -0.39 is 0 Å². The molecule has 184 valence electrons. The Morgan fingerprint density at radius 1 is 0.889 bits per heavy atom. The number of benzene rings is 3. The first kappa shape index (κ1) is 23.8. The Balaban J connectivity index is 1.17. The van der Waals surface area contributed by atoms with Crippen molar-refractivity contribution < 1.29 is 14.1 Å². The maximum atomic E-state index is 13.3. The van der Waals surface area contributed by atoms with E-state index >= 15 is 0 Å². The van der Waals surface area contributed by atoms with Gasteiger partial charge >= 0.3 is 0 Å². The molecule has 0 unspecified atom stereocenters. The lowest BCUT2D eigenvalue weighted by atomic mass is 9.88. The lowest BCUT2D eigenvalue weighted by molar-refractivity contribution is -0.133. The molecule has 3 aromatic carbocycles. The zero-order valence-corrected chi connectivity index (χ0v) is 20.4. The minimum absolute atomic E-state index is 0.0488. The van der Waals surface area contributed by atoms with Gasteiger partial charge in [-0.15, -0.1) is 0 Å². The van der Waals surface area contributed by atoms with Crippen molar-refractivity contribution in [1.29, 1.82) is 0 Å². The zero-order valence-electron chi connectivity index (χ0n) is 20.4. The quantitative estimate of drug-likeness (QED) is 0.365. The first-order valence-electron chi connectivity index (χ1n) is 12.3. The van der Waals surface area contributed by atoms with Crippen molar-refractivity contribution in [3.05, 3.63) is 102 Å². The van der Waals surface area contributed by atoms with E-state index in [9.17, 15) is 4.79 Å². The number of hydrogen-bond acceptors (Lipinski definition) is 6. The molecule has 1 aliphatic rings. The fraction of sp³-hybridized carbons (Fsp3) is 0.276. The number of amides is 1. The van der Waals surface area contributed by atoms with Gasteiger partial charge in [-0.25, -0.2) is 0 Å². The van der Waals surface area contributed by atoms with Gasteiger partial charge in [-0.05, 0) is 35.4 Å². The standard InChI is InChI=1S/C29H30N4O3/c1-35-25-14-12-24(13-15-25)29-30-27(36-31-29)21-32-16-18-33(19-17-32)28(34)20-26(22-8-4-2-5-9-22)23-10-6-3-7-11-23/h2-15,26H,16-21H2,1H3. The molecule has 1 fully saturated rings.